The molecule has 0 aliphatic heterocycles. The topological polar surface area (TPSA) is 73.6 Å². The third-order valence-corrected chi connectivity index (χ3v) is 2.84. The first-order valence-corrected chi connectivity index (χ1v) is 6.95. The highest BCUT2D eigenvalue weighted by atomic mass is 35.5. The summed E-state index contributed by atoms with van der Waals surface area (Å²) in [6, 6.07) is 5.01. The van der Waals surface area contributed by atoms with Crippen LogP contribution in [0.15, 0.2) is 18.2 Å². The van der Waals surface area contributed by atoms with Crippen LogP contribution in [0.4, 0.5) is 0 Å². The van der Waals surface area contributed by atoms with Crippen molar-refractivity contribution in [1.82, 2.24) is 5.32 Å². The molecule has 21 heavy (non-hydrogen) atoms. The number of hydrogen-bond donors (Lipinski definition) is 2. The first-order chi connectivity index (χ1) is 9.49. The summed E-state index contributed by atoms with van der Waals surface area (Å²) in [5.74, 6) is 1.22. The van der Waals surface area contributed by atoms with E-state index in [2.05, 4.69) is 5.32 Å². The molecule has 6 heteroatoms. The molecule has 0 bridgehead atoms. The lowest BCUT2D eigenvalue weighted by Crippen LogP contribution is -2.39. The third-order valence-electron chi connectivity index (χ3n) is 2.84. The van der Waals surface area contributed by atoms with Gasteiger partial charge in [0.25, 0.3) is 0 Å². The van der Waals surface area contributed by atoms with Gasteiger partial charge in [-0.25, -0.2) is 0 Å². The molecule has 2 atom stereocenters. The zero-order chi connectivity index (χ0) is 15.1. The Morgan fingerprint density at radius 3 is 2.29 bits per heavy atom. The van der Waals surface area contributed by atoms with Crippen molar-refractivity contribution in [3.8, 4) is 11.5 Å². The van der Waals surface area contributed by atoms with Crippen molar-refractivity contribution in [1.29, 1.82) is 0 Å². The number of nitrogens with one attached hydrogen (secondary N) is 1. The molecule has 0 spiro atoms. The molecule has 1 unspecified atom stereocenters. The molecule has 3 N–H and O–H groups in total. The van der Waals surface area contributed by atoms with Crippen LogP contribution in [-0.2, 0) is 4.79 Å². The van der Waals surface area contributed by atoms with E-state index in [0.717, 1.165) is 5.56 Å². The van der Waals surface area contributed by atoms with Gasteiger partial charge in [-0.15, -0.1) is 12.4 Å². The van der Waals surface area contributed by atoms with Crippen molar-refractivity contribution in [2.75, 3.05) is 13.2 Å². The SMILES string of the molecule is CCOc1ccc(C(C)NC(=O)[C@@H](C)N)cc1OCC.Cl. The molecule has 0 fully saturated rings. The van der Waals surface area contributed by atoms with E-state index >= 15 is 0 Å². The Hall–Kier alpha value is -1.46. The number of carbonyl (C=O) groups excluding carboxylic acids is 1. The fourth-order valence-corrected chi connectivity index (χ4v) is 1.77. The summed E-state index contributed by atoms with van der Waals surface area (Å²) in [7, 11) is 0. The Balaban J connectivity index is 0.00000400. The highest BCUT2D eigenvalue weighted by Crippen LogP contribution is 2.30. The predicted octanol–water partition coefficient (Wildman–Crippen LogP) is 2.43. The van der Waals surface area contributed by atoms with Crippen LogP contribution >= 0.6 is 12.4 Å². The van der Waals surface area contributed by atoms with E-state index in [1.807, 2.05) is 39.0 Å². The number of rotatable bonds is 7. The van der Waals surface area contributed by atoms with Crippen LogP contribution in [0, 0.1) is 0 Å². The second-order valence-electron chi connectivity index (χ2n) is 4.59. The molecule has 1 aromatic carbocycles. The van der Waals surface area contributed by atoms with E-state index in [0.29, 0.717) is 24.7 Å². The van der Waals surface area contributed by atoms with Crippen LogP contribution in [0.3, 0.4) is 0 Å². The lowest BCUT2D eigenvalue weighted by Gasteiger charge is -2.18. The molecular formula is C15H25ClN2O3. The molecule has 5 nitrogen and oxygen atoms in total. The number of hydrogen-bond acceptors (Lipinski definition) is 4. The summed E-state index contributed by atoms with van der Waals surface area (Å²) in [5, 5.41) is 2.86. The third kappa shape index (κ3) is 5.81. The molecule has 1 aromatic rings. The van der Waals surface area contributed by atoms with Crippen LogP contribution in [-0.4, -0.2) is 25.2 Å². The van der Waals surface area contributed by atoms with Gasteiger partial charge in [0.15, 0.2) is 11.5 Å². The van der Waals surface area contributed by atoms with Gasteiger partial charge in [-0.2, -0.15) is 0 Å². The number of amides is 1. The first kappa shape index (κ1) is 19.5. The van der Waals surface area contributed by atoms with E-state index in [9.17, 15) is 4.79 Å². The average molecular weight is 317 g/mol. The number of benzene rings is 1. The van der Waals surface area contributed by atoms with Crippen LogP contribution < -0.4 is 20.5 Å². The number of nitrogens with two attached hydrogens (primary N) is 1. The zero-order valence-corrected chi connectivity index (χ0v) is 13.8. The van der Waals surface area contributed by atoms with Crippen molar-refractivity contribution >= 4 is 18.3 Å². The lowest BCUT2D eigenvalue weighted by atomic mass is 10.1. The Kier molecular flexibility index (Phi) is 8.81. The predicted molar refractivity (Wildman–Crippen MR) is 86.2 cm³/mol. The van der Waals surface area contributed by atoms with Gasteiger partial charge in [-0.3, -0.25) is 4.79 Å². The molecule has 1 rings (SSSR count). The van der Waals surface area contributed by atoms with E-state index in [4.69, 9.17) is 15.2 Å². The summed E-state index contributed by atoms with van der Waals surface area (Å²) in [6.07, 6.45) is 0. The summed E-state index contributed by atoms with van der Waals surface area (Å²) < 4.78 is 11.1. The van der Waals surface area contributed by atoms with Gasteiger partial charge in [0.05, 0.1) is 25.3 Å². The van der Waals surface area contributed by atoms with E-state index in [1.54, 1.807) is 6.92 Å². The highest BCUT2D eigenvalue weighted by Gasteiger charge is 2.15. The van der Waals surface area contributed by atoms with Crippen LogP contribution in [0.1, 0.15) is 39.3 Å². The average Bonchev–Trinajstić information content (AvgIpc) is 2.41. The molecule has 0 saturated carbocycles. The number of ether oxygens (including phenoxy) is 2. The Morgan fingerprint density at radius 2 is 1.76 bits per heavy atom. The summed E-state index contributed by atoms with van der Waals surface area (Å²) in [5.41, 5.74) is 6.50. The maximum absolute atomic E-state index is 11.6. The van der Waals surface area contributed by atoms with Gasteiger partial charge in [0, 0.05) is 0 Å². The van der Waals surface area contributed by atoms with Crippen LogP contribution in [0.25, 0.3) is 0 Å². The molecule has 0 aromatic heterocycles. The molecule has 120 valence electrons. The molecule has 0 saturated heterocycles. The van der Waals surface area contributed by atoms with E-state index in [-0.39, 0.29) is 24.4 Å². The normalized spacial score (nSPS) is 12.8. The zero-order valence-electron chi connectivity index (χ0n) is 13.0. The van der Waals surface area contributed by atoms with E-state index < -0.39 is 6.04 Å². The Labute approximate surface area is 132 Å². The molecule has 0 radical (unpaired) electrons. The van der Waals surface area contributed by atoms with Crippen molar-refractivity contribution in [2.24, 2.45) is 5.73 Å². The minimum absolute atomic E-state index is 0. The van der Waals surface area contributed by atoms with Crippen molar-refractivity contribution in [2.45, 2.75) is 39.8 Å². The summed E-state index contributed by atoms with van der Waals surface area (Å²) in [4.78, 5) is 11.6. The summed E-state index contributed by atoms with van der Waals surface area (Å²) >= 11 is 0. The van der Waals surface area contributed by atoms with Crippen LogP contribution in [0.2, 0.25) is 0 Å². The number of halogens is 1. The Bertz CT molecular complexity index is 453. The van der Waals surface area contributed by atoms with Gasteiger partial charge >= 0.3 is 0 Å². The van der Waals surface area contributed by atoms with Crippen LogP contribution in [0.5, 0.6) is 11.5 Å². The minimum Gasteiger partial charge on any atom is -0.490 e. The Morgan fingerprint density at radius 1 is 1.19 bits per heavy atom. The maximum Gasteiger partial charge on any atom is 0.237 e. The van der Waals surface area contributed by atoms with Gasteiger partial charge in [0.1, 0.15) is 0 Å². The molecule has 0 heterocycles. The van der Waals surface area contributed by atoms with Crippen molar-refractivity contribution in [3.63, 3.8) is 0 Å². The van der Waals surface area contributed by atoms with Gasteiger partial charge in [-0.1, -0.05) is 6.07 Å². The molecule has 0 aliphatic rings. The monoisotopic (exact) mass is 316 g/mol. The largest absolute Gasteiger partial charge is 0.490 e. The van der Waals surface area contributed by atoms with Gasteiger partial charge < -0.3 is 20.5 Å². The number of carbonyl (C=O) groups is 1. The highest BCUT2D eigenvalue weighted by molar-refractivity contribution is 5.85. The van der Waals surface area contributed by atoms with Crippen molar-refractivity contribution < 1.29 is 14.3 Å². The quantitative estimate of drug-likeness (QED) is 0.810. The standard InChI is InChI=1S/C15H24N2O3.ClH/c1-5-19-13-8-7-12(9-14(13)20-6-2)11(4)17-15(18)10(3)16;/h7-11H,5-6,16H2,1-4H3,(H,17,18);1H/t10-,11?;/m1./s1. The van der Waals surface area contributed by atoms with Gasteiger partial charge in [-0.05, 0) is 45.4 Å². The first-order valence-electron chi connectivity index (χ1n) is 6.95. The fraction of sp³-hybridized carbons (Fsp3) is 0.533. The summed E-state index contributed by atoms with van der Waals surface area (Å²) in [6.45, 7) is 8.55. The smallest absolute Gasteiger partial charge is 0.237 e. The maximum atomic E-state index is 11.6. The van der Waals surface area contributed by atoms with E-state index in [1.165, 1.54) is 0 Å². The second kappa shape index (κ2) is 9.47. The fourth-order valence-electron chi connectivity index (χ4n) is 1.77. The second-order valence-corrected chi connectivity index (χ2v) is 4.59. The van der Waals surface area contributed by atoms with Gasteiger partial charge in [0.2, 0.25) is 5.91 Å². The minimum atomic E-state index is -0.522. The molecule has 1 amide bonds. The molecule has 0 aliphatic carbocycles. The lowest BCUT2D eigenvalue weighted by molar-refractivity contribution is -0.122. The van der Waals surface area contributed by atoms with Crippen molar-refractivity contribution in [3.05, 3.63) is 23.8 Å². The molecular weight excluding hydrogens is 292 g/mol.